The van der Waals surface area contributed by atoms with Crippen LogP contribution in [0.5, 0.6) is 0 Å². The normalized spacial score (nSPS) is 12.8. The summed E-state index contributed by atoms with van der Waals surface area (Å²) in [4.78, 5) is 4.48. The van der Waals surface area contributed by atoms with E-state index in [9.17, 15) is 0 Å². The third-order valence-electron chi connectivity index (χ3n) is 2.93. The molecule has 1 aromatic heterocycles. The Balaban J connectivity index is 2.03. The van der Waals surface area contributed by atoms with Crippen LogP contribution in [0.1, 0.15) is 19.4 Å². The van der Waals surface area contributed by atoms with Crippen molar-refractivity contribution in [3.05, 3.63) is 42.1 Å². The maximum absolute atomic E-state index is 4.48. The van der Waals surface area contributed by atoms with Crippen LogP contribution in [0.4, 0.5) is 0 Å². The highest BCUT2D eigenvalue weighted by molar-refractivity contribution is 7.99. The van der Waals surface area contributed by atoms with Gasteiger partial charge in [-0.3, -0.25) is 4.98 Å². The summed E-state index contributed by atoms with van der Waals surface area (Å²) in [6.07, 6.45) is 1.86. The lowest BCUT2D eigenvalue weighted by atomic mass is 10.1. The molecule has 96 valence electrons. The summed E-state index contributed by atoms with van der Waals surface area (Å²) >= 11 is 1.98. The van der Waals surface area contributed by atoms with Crippen molar-refractivity contribution in [1.82, 2.24) is 10.3 Å². The van der Waals surface area contributed by atoms with Crippen molar-refractivity contribution in [2.24, 2.45) is 0 Å². The van der Waals surface area contributed by atoms with Crippen LogP contribution in [0.25, 0.3) is 10.9 Å². The lowest BCUT2D eigenvalue weighted by Gasteiger charge is -2.13. The Kier molecular flexibility index (Phi) is 5.02. The Morgan fingerprint density at radius 1 is 1.28 bits per heavy atom. The molecule has 0 spiro atoms. The maximum Gasteiger partial charge on any atom is 0.0746 e. The summed E-state index contributed by atoms with van der Waals surface area (Å²) in [7, 11) is 0. The Bertz CT molecular complexity index is 493. The van der Waals surface area contributed by atoms with Crippen molar-refractivity contribution in [1.29, 1.82) is 0 Å². The zero-order valence-electron chi connectivity index (χ0n) is 11.0. The van der Waals surface area contributed by atoms with Gasteiger partial charge in [0.15, 0.2) is 0 Å². The van der Waals surface area contributed by atoms with E-state index < -0.39 is 0 Å². The first-order valence-corrected chi connectivity index (χ1v) is 7.60. The molecule has 0 aliphatic carbocycles. The van der Waals surface area contributed by atoms with E-state index in [4.69, 9.17) is 0 Å². The van der Waals surface area contributed by atoms with Gasteiger partial charge >= 0.3 is 0 Å². The zero-order valence-corrected chi connectivity index (χ0v) is 11.8. The number of rotatable bonds is 6. The second-order valence-corrected chi connectivity index (χ2v) is 5.75. The van der Waals surface area contributed by atoms with Gasteiger partial charge in [-0.15, -0.1) is 0 Å². The minimum atomic E-state index is 0.536. The zero-order chi connectivity index (χ0) is 12.8. The number of nitrogens with one attached hydrogen (secondary N) is 1. The number of thioether (sulfide) groups is 1. The van der Waals surface area contributed by atoms with Crippen molar-refractivity contribution in [3.63, 3.8) is 0 Å². The fraction of sp³-hybridized carbons (Fsp3) is 0.400. The molecule has 0 saturated carbocycles. The van der Waals surface area contributed by atoms with Gasteiger partial charge in [0.1, 0.15) is 0 Å². The molecule has 2 aromatic rings. The van der Waals surface area contributed by atoms with Gasteiger partial charge in [-0.25, -0.2) is 0 Å². The van der Waals surface area contributed by atoms with Gasteiger partial charge in [0.2, 0.25) is 0 Å². The van der Waals surface area contributed by atoms with Crippen LogP contribution in [0.2, 0.25) is 0 Å². The first-order chi connectivity index (χ1) is 8.81. The first kappa shape index (κ1) is 13.4. The van der Waals surface area contributed by atoms with Gasteiger partial charge < -0.3 is 5.32 Å². The molecule has 2 nitrogen and oxygen atoms in total. The van der Waals surface area contributed by atoms with Crippen molar-refractivity contribution in [2.75, 3.05) is 11.5 Å². The molecule has 0 aliphatic heterocycles. The van der Waals surface area contributed by atoms with E-state index in [1.807, 2.05) is 24.0 Å². The van der Waals surface area contributed by atoms with Crippen molar-refractivity contribution in [3.8, 4) is 0 Å². The summed E-state index contributed by atoms with van der Waals surface area (Å²) in [5.41, 5.74) is 2.39. The van der Waals surface area contributed by atoms with Gasteiger partial charge in [0, 0.05) is 29.9 Å². The highest BCUT2D eigenvalue weighted by atomic mass is 32.2. The predicted molar refractivity (Wildman–Crippen MR) is 81.0 cm³/mol. The molecule has 1 heterocycles. The number of fused-ring (bicyclic) bond motifs is 1. The lowest BCUT2D eigenvalue weighted by Crippen LogP contribution is -2.27. The van der Waals surface area contributed by atoms with Gasteiger partial charge in [-0.2, -0.15) is 11.8 Å². The molecule has 0 fully saturated rings. The predicted octanol–water partition coefficient (Wildman–Crippen LogP) is 3.47. The van der Waals surface area contributed by atoms with E-state index in [0.717, 1.165) is 17.8 Å². The SMILES string of the molecule is CCSCC(C)NCc1cccc2cccnc12. The van der Waals surface area contributed by atoms with Crippen LogP contribution in [0.3, 0.4) is 0 Å². The molecule has 0 aliphatic rings. The Morgan fingerprint density at radius 2 is 2.11 bits per heavy atom. The fourth-order valence-electron chi connectivity index (χ4n) is 1.95. The van der Waals surface area contributed by atoms with Crippen LogP contribution in [0.15, 0.2) is 36.5 Å². The van der Waals surface area contributed by atoms with E-state index in [-0.39, 0.29) is 0 Å². The second-order valence-electron chi connectivity index (χ2n) is 4.43. The molecule has 0 amide bonds. The average Bonchev–Trinajstić information content (AvgIpc) is 2.42. The highest BCUT2D eigenvalue weighted by Crippen LogP contribution is 2.15. The molecule has 18 heavy (non-hydrogen) atoms. The van der Waals surface area contributed by atoms with Crippen LogP contribution < -0.4 is 5.32 Å². The summed E-state index contributed by atoms with van der Waals surface area (Å²) in [6, 6.07) is 11.0. The fourth-order valence-corrected chi connectivity index (χ4v) is 2.65. The second kappa shape index (κ2) is 6.76. The van der Waals surface area contributed by atoms with Crippen molar-refractivity contribution < 1.29 is 0 Å². The largest absolute Gasteiger partial charge is 0.309 e. The lowest BCUT2D eigenvalue weighted by molar-refractivity contribution is 0.597. The van der Waals surface area contributed by atoms with Gasteiger partial charge in [-0.1, -0.05) is 31.2 Å². The van der Waals surface area contributed by atoms with E-state index in [1.165, 1.54) is 16.7 Å². The van der Waals surface area contributed by atoms with Crippen LogP contribution in [-0.4, -0.2) is 22.5 Å². The van der Waals surface area contributed by atoms with Gasteiger partial charge in [-0.05, 0) is 24.3 Å². The molecule has 1 atom stereocenters. The molecule has 0 bridgehead atoms. The molecule has 1 N–H and O–H groups in total. The highest BCUT2D eigenvalue weighted by Gasteiger charge is 2.04. The molecule has 1 aromatic carbocycles. The Hall–Kier alpha value is -1.06. The van der Waals surface area contributed by atoms with Gasteiger partial charge in [0.25, 0.3) is 0 Å². The smallest absolute Gasteiger partial charge is 0.0746 e. The number of pyridine rings is 1. The molecule has 0 saturated heterocycles. The molecule has 2 rings (SSSR count). The number of hydrogen-bond acceptors (Lipinski definition) is 3. The molecule has 0 radical (unpaired) electrons. The third-order valence-corrected chi connectivity index (χ3v) is 4.07. The standard InChI is InChI=1S/C15H20N2S/c1-3-18-11-12(2)17-10-14-7-4-6-13-8-5-9-16-15(13)14/h4-9,12,17H,3,10-11H2,1-2H3. The average molecular weight is 260 g/mol. The van der Waals surface area contributed by atoms with Crippen LogP contribution >= 0.6 is 11.8 Å². The first-order valence-electron chi connectivity index (χ1n) is 6.45. The molecular formula is C15H20N2S. The summed E-state index contributed by atoms with van der Waals surface area (Å²) in [6.45, 7) is 5.33. The quantitative estimate of drug-likeness (QED) is 0.861. The minimum absolute atomic E-state index is 0.536. The topological polar surface area (TPSA) is 24.9 Å². The molecule has 3 heteroatoms. The number of aromatic nitrogens is 1. The monoisotopic (exact) mass is 260 g/mol. The van der Waals surface area contributed by atoms with Crippen molar-refractivity contribution >= 4 is 22.7 Å². The maximum atomic E-state index is 4.48. The summed E-state index contributed by atoms with van der Waals surface area (Å²) < 4.78 is 0. The number of hydrogen-bond donors (Lipinski definition) is 1. The Labute approximate surface area is 113 Å². The number of benzene rings is 1. The number of nitrogens with zero attached hydrogens (tertiary/aromatic N) is 1. The molecule has 1 unspecified atom stereocenters. The van der Waals surface area contributed by atoms with E-state index in [0.29, 0.717) is 6.04 Å². The molecular weight excluding hydrogens is 240 g/mol. The van der Waals surface area contributed by atoms with E-state index in [2.05, 4.69) is 48.4 Å². The van der Waals surface area contributed by atoms with E-state index >= 15 is 0 Å². The van der Waals surface area contributed by atoms with Crippen LogP contribution in [-0.2, 0) is 6.54 Å². The third kappa shape index (κ3) is 3.47. The summed E-state index contributed by atoms with van der Waals surface area (Å²) in [5.74, 6) is 2.34. The van der Waals surface area contributed by atoms with Crippen molar-refractivity contribution in [2.45, 2.75) is 26.4 Å². The van der Waals surface area contributed by atoms with Gasteiger partial charge in [0.05, 0.1) is 5.52 Å². The van der Waals surface area contributed by atoms with Crippen LogP contribution in [0, 0.1) is 0 Å². The number of para-hydroxylation sites is 1. The Morgan fingerprint density at radius 3 is 2.94 bits per heavy atom. The van der Waals surface area contributed by atoms with E-state index in [1.54, 1.807) is 0 Å². The minimum Gasteiger partial charge on any atom is -0.309 e. The summed E-state index contributed by atoms with van der Waals surface area (Å²) in [5, 5.41) is 4.78.